The zero-order valence-corrected chi connectivity index (χ0v) is 13.4. The Morgan fingerprint density at radius 1 is 0.947 bits per heavy atom. The van der Waals surface area contributed by atoms with Crippen molar-refractivity contribution >= 4 is 34.8 Å². The summed E-state index contributed by atoms with van der Waals surface area (Å²) >= 11 is 18.9. The van der Waals surface area contributed by atoms with Gasteiger partial charge in [0.15, 0.2) is 0 Å². The van der Waals surface area contributed by atoms with Crippen molar-refractivity contribution in [3.05, 3.63) is 68.2 Å². The van der Waals surface area contributed by atoms with Crippen LogP contribution >= 0.6 is 34.8 Å². The van der Waals surface area contributed by atoms with Crippen LogP contribution in [0.3, 0.4) is 0 Å². The second-order valence-corrected chi connectivity index (χ2v) is 6.04. The van der Waals surface area contributed by atoms with Gasteiger partial charge in [-0.1, -0.05) is 53.0 Å². The van der Waals surface area contributed by atoms with Crippen molar-refractivity contribution in [3.63, 3.8) is 0 Å². The fourth-order valence-electron chi connectivity index (χ4n) is 2.46. The molecule has 0 spiro atoms. The molecule has 0 N–H and O–H groups in total. The maximum Gasteiger partial charge on any atom is 0.0855 e. The third-order valence-electron chi connectivity index (χ3n) is 3.25. The molecule has 0 aromatic heterocycles. The maximum atomic E-state index is 6.63. The smallest absolute Gasteiger partial charge is 0.0855 e. The lowest BCUT2D eigenvalue weighted by atomic mass is 9.94. The number of alkyl halides is 1. The van der Waals surface area contributed by atoms with Gasteiger partial charge in [-0.2, -0.15) is 0 Å². The Hall–Kier alpha value is -0.690. The van der Waals surface area contributed by atoms with Gasteiger partial charge in [0.05, 0.1) is 15.4 Å². The predicted octanol–water partition coefficient (Wildman–Crippen LogP) is 6.25. The first-order valence-corrected chi connectivity index (χ1v) is 7.26. The van der Waals surface area contributed by atoms with Crippen molar-refractivity contribution in [3.8, 4) is 0 Å². The van der Waals surface area contributed by atoms with Crippen LogP contribution in [0.5, 0.6) is 0 Å². The molecule has 3 heteroatoms. The second-order valence-electron chi connectivity index (χ2n) is 4.82. The van der Waals surface area contributed by atoms with Crippen LogP contribution in [0.15, 0.2) is 30.3 Å². The SMILES string of the molecule is Cc1cc(C)c(C(Cl)c2cccc(Cl)c2Cl)c(C)c1. The molecule has 100 valence electrons. The summed E-state index contributed by atoms with van der Waals surface area (Å²) in [5.74, 6) is 0. The van der Waals surface area contributed by atoms with Gasteiger partial charge in [-0.15, -0.1) is 11.6 Å². The molecule has 19 heavy (non-hydrogen) atoms. The predicted molar refractivity (Wildman–Crippen MR) is 84.8 cm³/mol. The molecule has 0 bridgehead atoms. The Balaban J connectivity index is 2.56. The number of halogens is 3. The highest BCUT2D eigenvalue weighted by Crippen LogP contribution is 2.39. The molecule has 0 radical (unpaired) electrons. The maximum absolute atomic E-state index is 6.63. The van der Waals surface area contributed by atoms with Gasteiger partial charge in [-0.3, -0.25) is 0 Å². The highest BCUT2D eigenvalue weighted by molar-refractivity contribution is 6.43. The van der Waals surface area contributed by atoms with Crippen molar-refractivity contribution in [2.24, 2.45) is 0 Å². The Kier molecular flexibility index (Phi) is 4.45. The van der Waals surface area contributed by atoms with Crippen molar-refractivity contribution in [2.75, 3.05) is 0 Å². The van der Waals surface area contributed by atoms with E-state index in [9.17, 15) is 0 Å². The van der Waals surface area contributed by atoms with Crippen LogP contribution in [-0.4, -0.2) is 0 Å². The molecule has 0 aliphatic rings. The van der Waals surface area contributed by atoms with E-state index < -0.39 is 0 Å². The van der Waals surface area contributed by atoms with E-state index in [0.717, 1.165) is 11.1 Å². The van der Waals surface area contributed by atoms with Gasteiger partial charge >= 0.3 is 0 Å². The third-order valence-corrected chi connectivity index (χ3v) is 4.53. The van der Waals surface area contributed by atoms with Crippen LogP contribution in [0.25, 0.3) is 0 Å². The van der Waals surface area contributed by atoms with E-state index in [1.54, 1.807) is 6.07 Å². The van der Waals surface area contributed by atoms with Crippen LogP contribution in [0.4, 0.5) is 0 Å². The molecule has 2 aromatic rings. The van der Waals surface area contributed by atoms with Gasteiger partial charge in [0.2, 0.25) is 0 Å². The van der Waals surface area contributed by atoms with E-state index in [1.807, 2.05) is 12.1 Å². The minimum Gasteiger partial charge on any atom is -0.113 e. The minimum atomic E-state index is -0.285. The molecular weight excluding hydrogens is 299 g/mol. The molecule has 0 amide bonds. The Morgan fingerprint density at radius 2 is 1.53 bits per heavy atom. The first kappa shape index (κ1) is 14.7. The van der Waals surface area contributed by atoms with Crippen LogP contribution < -0.4 is 0 Å². The van der Waals surface area contributed by atoms with Gasteiger partial charge in [0, 0.05) is 0 Å². The van der Waals surface area contributed by atoms with E-state index in [4.69, 9.17) is 34.8 Å². The molecule has 2 aromatic carbocycles. The summed E-state index contributed by atoms with van der Waals surface area (Å²) in [7, 11) is 0. The van der Waals surface area contributed by atoms with Crippen molar-refractivity contribution in [2.45, 2.75) is 26.1 Å². The van der Waals surface area contributed by atoms with Crippen LogP contribution in [0.2, 0.25) is 10.0 Å². The topological polar surface area (TPSA) is 0 Å². The van der Waals surface area contributed by atoms with Crippen molar-refractivity contribution in [1.29, 1.82) is 0 Å². The largest absolute Gasteiger partial charge is 0.113 e. The summed E-state index contributed by atoms with van der Waals surface area (Å²) in [5.41, 5.74) is 5.55. The average molecular weight is 314 g/mol. The van der Waals surface area contributed by atoms with Gasteiger partial charge in [-0.25, -0.2) is 0 Å². The number of hydrogen-bond acceptors (Lipinski definition) is 0. The fraction of sp³-hybridized carbons (Fsp3) is 0.250. The number of hydrogen-bond donors (Lipinski definition) is 0. The van der Waals surface area contributed by atoms with Gasteiger partial charge in [0.1, 0.15) is 0 Å². The lowest BCUT2D eigenvalue weighted by molar-refractivity contribution is 1.07. The summed E-state index contributed by atoms with van der Waals surface area (Å²) < 4.78 is 0. The number of rotatable bonds is 2. The van der Waals surface area contributed by atoms with E-state index in [1.165, 1.54) is 16.7 Å². The molecule has 0 aliphatic heterocycles. The Bertz CT molecular complexity index is 594. The van der Waals surface area contributed by atoms with Gasteiger partial charge < -0.3 is 0 Å². The first-order valence-electron chi connectivity index (χ1n) is 6.07. The molecule has 0 saturated heterocycles. The summed E-state index contributed by atoms with van der Waals surface area (Å²) in [6.45, 7) is 6.23. The molecule has 0 nitrogen and oxygen atoms in total. The van der Waals surface area contributed by atoms with Crippen molar-refractivity contribution in [1.82, 2.24) is 0 Å². The number of benzene rings is 2. The molecule has 0 aliphatic carbocycles. The number of aryl methyl sites for hydroxylation is 3. The second kappa shape index (κ2) is 5.75. The van der Waals surface area contributed by atoms with Crippen LogP contribution in [0.1, 0.15) is 33.2 Å². The van der Waals surface area contributed by atoms with E-state index in [0.29, 0.717) is 10.0 Å². The normalized spacial score (nSPS) is 12.5. The summed E-state index contributed by atoms with van der Waals surface area (Å²) in [5, 5.41) is 0.780. The summed E-state index contributed by atoms with van der Waals surface area (Å²) in [6.07, 6.45) is 0. The van der Waals surface area contributed by atoms with Crippen molar-refractivity contribution < 1.29 is 0 Å². The first-order chi connectivity index (χ1) is 8.91. The summed E-state index contributed by atoms with van der Waals surface area (Å²) in [6, 6.07) is 9.83. The third kappa shape index (κ3) is 2.91. The Labute approximate surface area is 129 Å². The minimum absolute atomic E-state index is 0.285. The monoisotopic (exact) mass is 312 g/mol. The lowest BCUT2D eigenvalue weighted by Crippen LogP contribution is -2.01. The molecule has 1 atom stereocenters. The van der Waals surface area contributed by atoms with E-state index >= 15 is 0 Å². The Morgan fingerprint density at radius 3 is 2.11 bits per heavy atom. The molecule has 0 heterocycles. The molecule has 1 unspecified atom stereocenters. The standard InChI is InChI=1S/C16H15Cl3/c1-9-7-10(2)14(11(3)8-9)16(19)12-5-4-6-13(17)15(12)18/h4-8,16H,1-3H3. The van der Waals surface area contributed by atoms with Crippen LogP contribution in [0, 0.1) is 20.8 Å². The highest BCUT2D eigenvalue weighted by Gasteiger charge is 2.19. The lowest BCUT2D eigenvalue weighted by Gasteiger charge is -2.18. The fourth-order valence-corrected chi connectivity index (χ4v) is 3.46. The summed E-state index contributed by atoms with van der Waals surface area (Å²) in [4.78, 5) is 0. The van der Waals surface area contributed by atoms with E-state index in [-0.39, 0.29) is 5.38 Å². The molecule has 0 saturated carbocycles. The van der Waals surface area contributed by atoms with Gasteiger partial charge in [0.25, 0.3) is 0 Å². The molecular formula is C16H15Cl3. The molecule has 2 rings (SSSR count). The quantitative estimate of drug-likeness (QED) is 0.575. The average Bonchev–Trinajstić information content (AvgIpc) is 2.31. The van der Waals surface area contributed by atoms with Gasteiger partial charge in [-0.05, 0) is 49.1 Å². The van der Waals surface area contributed by atoms with E-state index in [2.05, 4.69) is 32.9 Å². The zero-order valence-electron chi connectivity index (χ0n) is 11.1. The zero-order chi connectivity index (χ0) is 14.2. The van der Waals surface area contributed by atoms with Crippen LogP contribution in [-0.2, 0) is 0 Å². The molecule has 0 fully saturated rings. The highest BCUT2D eigenvalue weighted by atomic mass is 35.5.